The van der Waals surface area contributed by atoms with Crippen LogP contribution < -0.4 is 5.11 Å². The molecule has 0 aromatic carbocycles. The van der Waals surface area contributed by atoms with Gasteiger partial charge in [0.05, 0.1) is 0 Å². The predicted molar refractivity (Wildman–Crippen MR) is 50.9 cm³/mol. The van der Waals surface area contributed by atoms with Gasteiger partial charge in [-0.05, 0) is 18.6 Å². The number of nitrogens with zero attached hydrogens (tertiary/aromatic N) is 3. The second-order valence-electron chi connectivity index (χ2n) is 3.10. The Morgan fingerprint density at radius 1 is 1.44 bits per heavy atom. The van der Waals surface area contributed by atoms with E-state index in [0.717, 1.165) is 0 Å². The molecule has 0 aliphatic carbocycles. The highest BCUT2D eigenvalue weighted by molar-refractivity contribution is 5.64. The monoisotopic (exact) mass is 218 g/mol. The third-order valence-corrected chi connectivity index (χ3v) is 1.91. The van der Waals surface area contributed by atoms with Crippen LogP contribution in [0.25, 0.3) is 11.5 Å². The quantitative estimate of drug-likeness (QED) is 0.706. The molecule has 0 N–H and O–H groups in total. The minimum Gasteiger partial charge on any atom is -0.550 e. The molecule has 2 aromatic heterocycles. The molecule has 0 spiro atoms. The molecule has 0 amide bonds. The van der Waals surface area contributed by atoms with Gasteiger partial charge in [0.1, 0.15) is 5.69 Å². The summed E-state index contributed by atoms with van der Waals surface area (Å²) in [4.78, 5) is 18.3. The van der Waals surface area contributed by atoms with Crippen molar-refractivity contribution < 1.29 is 14.4 Å². The SMILES string of the molecule is O=C([O-])CCc1nc(-c2ccccn2)no1. The van der Waals surface area contributed by atoms with Gasteiger partial charge in [-0.2, -0.15) is 4.98 Å². The van der Waals surface area contributed by atoms with Gasteiger partial charge in [-0.15, -0.1) is 0 Å². The van der Waals surface area contributed by atoms with Gasteiger partial charge in [-0.3, -0.25) is 4.98 Å². The Morgan fingerprint density at radius 3 is 3.00 bits per heavy atom. The van der Waals surface area contributed by atoms with Crippen LogP contribution in [-0.2, 0) is 11.2 Å². The molecule has 0 atom stereocenters. The summed E-state index contributed by atoms with van der Waals surface area (Å²) < 4.78 is 4.88. The van der Waals surface area contributed by atoms with Crippen molar-refractivity contribution >= 4 is 5.97 Å². The molecular weight excluding hydrogens is 210 g/mol. The highest BCUT2D eigenvalue weighted by Gasteiger charge is 2.08. The summed E-state index contributed by atoms with van der Waals surface area (Å²) in [5.41, 5.74) is 0.589. The van der Waals surface area contributed by atoms with E-state index in [2.05, 4.69) is 15.1 Å². The average molecular weight is 218 g/mol. The number of aliphatic carboxylic acids is 1. The molecule has 2 aromatic rings. The standard InChI is InChI=1S/C10H9N3O3/c14-9(15)5-4-8-12-10(13-16-8)7-3-1-2-6-11-7/h1-3,6H,4-5H2,(H,14,15)/p-1. The van der Waals surface area contributed by atoms with E-state index in [1.165, 1.54) is 0 Å². The lowest BCUT2D eigenvalue weighted by Gasteiger charge is -1.95. The Bertz CT molecular complexity index is 481. The van der Waals surface area contributed by atoms with E-state index in [1.54, 1.807) is 24.4 Å². The molecule has 0 fully saturated rings. The van der Waals surface area contributed by atoms with Crippen molar-refractivity contribution in [2.24, 2.45) is 0 Å². The molecule has 2 rings (SSSR count). The van der Waals surface area contributed by atoms with Crippen LogP contribution in [0.4, 0.5) is 0 Å². The van der Waals surface area contributed by atoms with Crippen LogP contribution in [0.15, 0.2) is 28.9 Å². The van der Waals surface area contributed by atoms with Crippen LogP contribution in [0.2, 0.25) is 0 Å². The third-order valence-electron chi connectivity index (χ3n) is 1.91. The van der Waals surface area contributed by atoms with Crippen LogP contribution in [0.5, 0.6) is 0 Å². The Balaban J connectivity index is 2.11. The number of aromatic nitrogens is 3. The fourth-order valence-corrected chi connectivity index (χ4v) is 1.16. The van der Waals surface area contributed by atoms with Crippen molar-refractivity contribution in [3.63, 3.8) is 0 Å². The first-order valence-electron chi connectivity index (χ1n) is 4.69. The van der Waals surface area contributed by atoms with E-state index < -0.39 is 5.97 Å². The maximum atomic E-state index is 10.2. The largest absolute Gasteiger partial charge is 0.550 e. The third kappa shape index (κ3) is 2.41. The summed E-state index contributed by atoms with van der Waals surface area (Å²) in [7, 11) is 0. The van der Waals surface area contributed by atoms with Gasteiger partial charge in [0.15, 0.2) is 0 Å². The number of hydrogen-bond acceptors (Lipinski definition) is 6. The van der Waals surface area contributed by atoms with Crippen molar-refractivity contribution in [1.29, 1.82) is 0 Å². The smallest absolute Gasteiger partial charge is 0.227 e. The Hall–Kier alpha value is -2.24. The van der Waals surface area contributed by atoms with Crippen LogP contribution in [0, 0.1) is 0 Å². The van der Waals surface area contributed by atoms with Gasteiger partial charge in [0.25, 0.3) is 0 Å². The normalized spacial score (nSPS) is 10.2. The summed E-state index contributed by atoms with van der Waals surface area (Å²) in [5, 5.41) is 13.9. The summed E-state index contributed by atoms with van der Waals surface area (Å²) in [6.07, 6.45) is 1.65. The van der Waals surface area contributed by atoms with Crippen molar-refractivity contribution in [3.8, 4) is 11.5 Å². The number of aryl methyl sites for hydroxylation is 1. The summed E-state index contributed by atoms with van der Waals surface area (Å²) in [5.74, 6) is -0.517. The molecule has 0 bridgehead atoms. The zero-order valence-corrected chi connectivity index (χ0v) is 8.29. The highest BCUT2D eigenvalue weighted by atomic mass is 16.5. The zero-order chi connectivity index (χ0) is 11.4. The van der Waals surface area contributed by atoms with E-state index in [9.17, 15) is 9.90 Å². The maximum absolute atomic E-state index is 10.2. The topological polar surface area (TPSA) is 91.9 Å². The number of hydrogen-bond donors (Lipinski definition) is 0. The lowest BCUT2D eigenvalue weighted by Crippen LogP contribution is -2.22. The fourth-order valence-electron chi connectivity index (χ4n) is 1.16. The van der Waals surface area contributed by atoms with E-state index >= 15 is 0 Å². The van der Waals surface area contributed by atoms with E-state index in [4.69, 9.17) is 4.52 Å². The van der Waals surface area contributed by atoms with Gasteiger partial charge < -0.3 is 14.4 Å². The molecule has 0 aliphatic heterocycles. The van der Waals surface area contributed by atoms with Crippen LogP contribution in [0.3, 0.4) is 0 Å². The lowest BCUT2D eigenvalue weighted by atomic mass is 10.3. The second-order valence-corrected chi connectivity index (χ2v) is 3.10. The Morgan fingerprint density at radius 2 is 2.31 bits per heavy atom. The summed E-state index contributed by atoms with van der Waals surface area (Å²) >= 11 is 0. The molecule has 0 unspecified atom stereocenters. The van der Waals surface area contributed by atoms with Gasteiger partial charge >= 0.3 is 0 Å². The Kier molecular flexibility index (Phi) is 2.90. The van der Waals surface area contributed by atoms with E-state index in [1.807, 2.05) is 0 Å². The van der Waals surface area contributed by atoms with Crippen molar-refractivity contribution in [2.75, 3.05) is 0 Å². The number of pyridine rings is 1. The van der Waals surface area contributed by atoms with Gasteiger partial charge in [0.2, 0.25) is 11.7 Å². The van der Waals surface area contributed by atoms with Crippen molar-refractivity contribution in [1.82, 2.24) is 15.1 Å². The first kappa shape index (κ1) is 10.3. The minimum absolute atomic E-state index is 0.135. The number of carbonyl (C=O) groups excluding carboxylic acids is 1. The van der Waals surface area contributed by atoms with Crippen molar-refractivity contribution in [3.05, 3.63) is 30.3 Å². The van der Waals surface area contributed by atoms with Crippen molar-refractivity contribution in [2.45, 2.75) is 12.8 Å². The number of carboxylic acid groups (broad SMARTS) is 1. The van der Waals surface area contributed by atoms with Gasteiger partial charge in [-0.1, -0.05) is 11.2 Å². The molecular formula is C10H8N3O3-. The average Bonchev–Trinajstić information content (AvgIpc) is 2.76. The molecule has 0 saturated heterocycles. The zero-order valence-electron chi connectivity index (χ0n) is 8.29. The van der Waals surface area contributed by atoms with Gasteiger partial charge in [0, 0.05) is 18.6 Å². The molecule has 6 nitrogen and oxygen atoms in total. The molecule has 0 aliphatic rings. The predicted octanol–water partition coefficient (Wildman–Crippen LogP) is -0.186. The number of carbonyl (C=O) groups is 1. The first-order valence-corrected chi connectivity index (χ1v) is 4.69. The summed E-state index contributed by atoms with van der Waals surface area (Å²) in [6.45, 7) is 0. The second kappa shape index (κ2) is 4.52. The van der Waals surface area contributed by atoms with Crippen LogP contribution >= 0.6 is 0 Å². The molecule has 82 valence electrons. The van der Waals surface area contributed by atoms with Crippen LogP contribution in [-0.4, -0.2) is 21.1 Å². The van der Waals surface area contributed by atoms with Gasteiger partial charge in [-0.25, -0.2) is 0 Å². The lowest BCUT2D eigenvalue weighted by molar-refractivity contribution is -0.305. The summed E-state index contributed by atoms with van der Waals surface area (Å²) in [6, 6.07) is 5.33. The number of carboxylic acids is 1. The minimum atomic E-state index is -1.14. The molecule has 2 heterocycles. The van der Waals surface area contributed by atoms with E-state index in [0.29, 0.717) is 11.5 Å². The first-order chi connectivity index (χ1) is 7.75. The van der Waals surface area contributed by atoms with E-state index in [-0.39, 0.29) is 18.7 Å². The molecule has 0 radical (unpaired) electrons. The fraction of sp³-hybridized carbons (Fsp3) is 0.200. The maximum Gasteiger partial charge on any atom is 0.227 e. The molecule has 0 saturated carbocycles. The number of rotatable bonds is 4. The highest BCUT2D eigenvalue weighted by Crippen LogP contribution is 2.12. The molecule has 16 heavy (non-hydrogen) atoms. The van der Waals surface area contributed by atoms with Crippen LogP contribution in [0.1, 0.15) is 12.3 Å². The Labute approximate surface area is 90.9 Å². The molecule has 6 heteroatoms.